The number of hydrogen-bond donors (Lipinski definition) is 2. The maximum Gasteiger partial charge on any atom is 0.416 e. The lowest BCUT2D eigenvalue weighted by Crippen LogP contribution is -2.25. The maximum absolute atomic E-state index is 13.1. The highest BCUT2D eigenvalue weighted by Crippen LogP contribution is 2.34. The number of carbonyl (C=O) groups excluding carboxylic acids is 2. The van der Waals surface area contributed by atoms with Gasteiger partial charge in [-0.15, -0.1) is 10.2 Å². The second kappa shape index (κ2) is 12.4. The Morgan fingerprint density at radius 3 is 2.22 bits per heavy atom. The van der Waals surface area contributed by atoms with Gasteiger partial charge in [0.25, 0.3) is 5.91 Å². The van der Waals surface area contributed by atoms with E-state index in [1.165, 1.54) is 0 Å². The fraction of sp³-hybridized carbons (Fsp3) is 0.241. The van der Waals surface area contributed by atoms with Crippen molar-refractivity contribution in [3.8, 4) is 5.69 Å². The summed E-state index contributed by atoms with van der Waals surface area (Å²) in [5.41, 5.74) is 1.22. The van der Waals surface area contributed by atoms with Crippen LogP contribution in [-0.4, -0.2) is 32.3 Å². The summed E-state index contributed by atoms with van der Waals surface area (Å²) in [5.74, 6) is -0.601. The van der Waals surface area contributed by atoms with Gasteiger partial charge >= 0.3 is 6.18 Å². The van der Waals surface area contributed by atoms with Crippen LogP contribution in [0, 0.1) is 0 Å². The molecule has 0 aliphatic rings. The van der Waals surface area contributed by atoms with Gasteiger partial charge in [-0.1, -0.05) is 74.5 Å². The number of benzene rings is 3. The first-order chi connectivity index (χ1) is 19.3. The highest BCUT2D eigenvalue weighted by molar-refractivity contribution is 7.99. The Morgan fingerprint density at radius 1 is 0.927 bits per heavy atom. The SMILES string of the molecule is CC(C)(C)c1ccc(C(=O)NCc2nnc(SCC(=O)Nc3cc(C(F)(F)F)ccc3Cl)n2-c2ccccc2)cc1. The number of nitrogens with zero attached hydrogens (tertiary/aromatic N) is 3. The van der Waals surface area contributed by atoms with Crippen LogP contribution in [0.25, 0.3) is 5.69 Å². The van der Waals surface area contributed by atoms with Crippen molar-refractivity contribution in [3.63, 3.8) is 0 Å². The summed E-state index contributed by atoms with van der Waals surface area (Å²) in [6.07, 6.45) is -4.58. The fourth-order valence-electron chi connectivity index (χ4n) is 3.84. The highest BCUT2D eigenvalue weighted by Gasteiger charge is 2.31. The Kier molecular flexibility index (Phi) is 9.08. The van der Waals surface area contributed by atoms with Gasteiger partial charge in [-0.25, -0.2) is 0 Å². The van der Waals surface area contributed by atoms with Crippen molar-refractivity contribution in [1.29, 1.82) is 0 Å². The molecule has 0 spiro atoms. The Morgan fingerprint density at radius 2 is 1.59 bits per heavy atom. The van der Waals surface area contributed by atoms with E-state index in [1.807, 2.05) is 42.5 Å². The van der Waals surface area contributed by atoms with E-state index in [1.54, 1.807) is 16.7 Å². The third-order valence-electron chi connectivity index (χ3n) is 6.04. The number of nitrogens with one attached hydrogen (secondary N) is 2. The van der Waals surface area contributed by atoms with E-state index in [4.69, 9.17) is 11.6 Å². The average molecular weight is 602 g/mol. The molecule has 0 radical (unpaired) electrons. The van der Waals surface area contributed by atoms with Crippen LogP contribution in [0.4, 0.5) is 18.9 Å². The Labute approximate surface area is 244 Å². The number of aromatic nitrogens is 3. The zero-order valence-electron chi connectivity index (χ0n) is 22.4. The molecule has 0 unspecified atom stereocenters. The van der Waals surface area contributed by atoms with Crippen LogP contribution in [-0.2, 0) is 22.9 Å². The van der Waals surface area contributed by atoms with Crippen LogP contribution in [0.15, 0.2) is 78.0 Å². The lowest BCUT2D eigenvalue weighted by molar-refractivity contribution is -0.137. The molecule has 0 bridgehead atoms. The van der Waals surface area contributed by atoms with Gasteiger partial charge in [0, 0.05) is 11.3 Å². The first-order valence-corrected chi connectivity index (χ1v) is 13.9. The highest BCUT2D eigenvalue weighted by atomic mass is 35.5. The van der Waals surface area contributed by atoms with E-state index in [-0.39, 0.29) is 34.3 Å². The predicted molar refractivity (Wildman–Crippen MR) is 153 cm³/mol. The molecule has 0 saturated carbocycles. The molecule has 1 heterocycles. The van der Waals surface area contributed by atoms with Crippen LogP contribution < -0.4 is 10.6 Å². The normalized spacial score (nSPS) is 11.8. The molecule has 7 nitrogen and oxygen atoms in total. The van der Waals surface area contributed by atoms with Gasteiger partial charge in [0.1, 0.15) is 0 Å². The molecule has 12 heteroatoms. The number of amides is 2. The van der Waals surface area contributed by atoms with Crippen molar-refractivity contribution in [2.45, 2.75) is 44.1 Å². The Bertz CT molecular complexity index is 1540. The molecular weight excluding hydrogens is 575 g/mol. The molecule has 0 fully saturated rings. The van der Waals surface area contributed by atoms with Crippen LogP contribution in [0.5, 0.6) is 0 Å². The topological polar surface area (TPSA) is 88.9 Å². The van der Waals surface area contributed by atoms with Crippen molar-refractivity contribution in [3.05, 3.63) is 100 Å². The minimum Gasteiger partial charge on any atom is -0.345 e. The summed E-state index contributed by atoms with van der Waals surface area (Å²) in [6.45, 7) is 6.35. The summed E-state index contributed by atoms with van der Waals surface area (Å²) < 4.78 is 40.9. The molecule has 1 aromatic heterocycles. The van der Waals surface area contributed by atoms with Crippen molar-refractivity contribution < 1.29 is 22.8 Å². The maximum atomic E-state index is 13.1. The van der Waals surface area contributed by atoms with Gasteiger partial charge in [-0.05, 0) is 53.4 Å². The summed E-state index contributed by atoms with van der Waals surface area (Å²) in [5, 5.41) is 14.0. The van der Waals surface area contributed by atoms with Gasteiger partial charge in [-0.2, -0.15) is 13.2 Å². The zero-order chi connectivity index (χ0) is 29.8. The second-order valence-electron chi connectivity index (χ2n) is 10.1. The van der Waals surface area contributed by atoms with Gasteiger partial charge < -0.3 is 10.6 Å². The zero-order valence-corrected chi connectivity index (χ0v) is 24.0. The van der Waals surface area contributed by atoms with Crippen molar-refractivity contribution >= 4 is 40.9 Å². The number of carbonyl (C=O) groups is 2. The quantitative estimate of drug-likeness (QED) is 0.215. The smallest absolute Gasteiger partial charge is 0.345 e. The van der Waals surface area contributed by atoms with E-state index in [0.29, 0.717) is 22.2 Å². The molecular formula is C29H27ClF3N5O2S. The molecule has 0 saturated heterocycles. The molecule has 214 valence electrons. The number of hydrogen-bond acceptors (Lipinski definition) is 5. The first kappa shape index (κ1) is 30.1. The minimum absolute atomic E-state index is 0.0186. The second-order valence-corrected chi connectivity index (χ2v) is 11.5. The number of thioether (sulfide) groups is 1. The third-order valence-corrected chi connectivity index (χ3v) is 7.29. The summed E-state index contributed by atoms with van der Waals surface area (Å²) in [4.78, 5) is 25.5. The molecule has 4 aromatic rings. The van der Waals surface area contributed by atoms with Crippen LogP contribution in [0.2, 0.25) is 5.02 Å². The first-order valence-electron chi connectivity index (χ1n) is 12.5. The van der Waals surface area contributed by atoms with E-state index in [2.05, 4.69) is 41.6 Å². The predicted octanol–water partition coefficient (Wildman–Crippen LogP) is 6.90. The fourth-order valence-corrected chi connectivity index (χ4v) is 4.78. The molecule has 2 N–H and O–H groups in total. The lowest BCUT2D eigenvalue weighted by Gasteiger charge is -2.19. The van der Waals surface area contributed by atoms with Crippen molar-refractivity contribution in [1.82, 2.24) is 20.1 Å². The van der Waals surface area contributed by atoms with E-state index >= 15 is 0 Å². The molecule has 41 heavy (non-hydrogen) atoms. The van der Waals surface area contributed by atoms with Gasteiger partial charge in [-0.3, -0.25) is 14.2 Å². The van der Waals surface area contributed by atoms with Gasteiger partial charge in [0.2, 0.25) is 5.91 Å². The van der Waals surface area contributed by atoms with Gasteiger partial charge in [0.05, 0.1) is 28.6 Å². The molecule has 0 aliphatic heterocycles. The van der Waals surface area contributed by atoms with Crippen LogP contribution in [0.1, 0.15) is 48.1 Å². The standard InChI is InChI=1S/C29H27ClF3N5O2S/c1-28(2,3)19-11-9-18(10-12-19)26(40)34-16-24-36-37-27(38(24)21-7-5-4-6-8-21)41-17-25(39)35-23-15-20(29(31,32)33)13-14-22(23)30/h4-15H,16-17H2,1-3H3,(H,34,40)(H,35,39). The monoisotopic (exact) mass is 601 g/mol. The van der Waals surface area contributed by atoms with E-state index in [9.17, 15) is 22.8 Å². The minimum atomic E-state index is -4.58. The number of alkyl halides is 3. The molecule has 3 aromatic carbocycles. The van der Waals surface area contributed by atoms with Crippen molar-refractivity contribution in [2.24, 2.45) is 0 Å². The Balaban J connectivity index is 1.47. The molecule has 4 rings (SSSR count). The largest absolute Gasteiger partial charge is 0.416 e. The molecule has 0 atom stereocenters. The van der Waals surface area contributed by atoms with E-state index < -0.39 is 17.6 Å². The summed E-state index contributed by atoms with van der Waals surface area (Å²) in [7, 11) is 0. The number of halogens is 4. The van der Waals surface area contributed by atoms with Gasteiger partial charge in [0.15, 0.2) is 11.0 Å². The third kappa shape index (κ3) is 7.68. The van der Waals surface area contributed by atoms with E-state index in [0.717, 1.165) is 35.5 Å². The number of rotatable bonds is 8. The molecule has 2 amide bonds. The summed E-state index contributed by atoms with van der Waals surface area (Å²) >= 11 is 7.04. The van der Waals surface area contributed by atoms with Crippen molar-refractivity contribution in [2.75, 3.05) is 11.1 Å². The average Bonchev–Trinajstić information content (AvgIpc) is 3.34. The number of para-hydroxylation sites is 1. The number of anilines is 1. The molecule has 0 aliphatic carbocycles. The van der Waals surface area contributed by atoms with Crippen LogP contribution in [0.3, 0.4) is 0 Å². The van der Waals surface area contributed by atoms with Crippen LogP contribution >= 0.6 is 23.4 Å². The lowest BCUT2D eigenvalue weighted by atomic mass is 9.87. The Hall–Kier alpha value is -3.83. The summed E-state index contributed by atoms with van der Waals surface area (Å²) in [6, 6.07) is 19.2.